The van der Waals surface area contributed by atoms with Gasteiger partial charge in [0.2, 0.25) is 0 Å². The topological polar surface area (TPSA) is 73.4 Å². The Hall–Kier alpha value is -2.13. The van der Waals surface area contributed by atoms with E-state index in [0.29, 0.717) is 5.56 Å². The smallest absolute Gasteiger partial charge is 0.272 e. The first-order valence-electron chi connectivity index (χ1n) is 6.66. The van der Waals surface area contributed by atoms with Gasteiger partial charge in [0.15, 0.2) is 0 Å². The molecule has 1 unspecified atom stereocenters. The zero-order valence-corrected chi connectivity index (χ0v) is 11.7. The van der Waals surface area contributed by atoms with Crippen molar-refractivity contribution >= 4 is 11.4 Å². The van der Waals surface area contributed by atoms with Crippen LogP contribution < -0.4 is 4.90 Å². The number of nitrogens with zero attached hydrogens (tertiary/aromatic N) is 4. The lowest BCUT2D eigenvalue weighted by Crippen LogP contribution is -2.49. The second-order valence-corrected chi connectivity index (χ2v) is 5.06. The molecule has 106 valence electrons. The zero-order valence-electron chi connectivity index (χ0n) is 11.7. The Labute approximate surface area is 118 Å². The van der Waals surface area contributed by atoms with Crippen molar-refractivity contribution in [2.45, 2.75) is 19.9 Å². The summed E-state index contributed by atoms with van der Waals surface area (Å²) in [6.45, 7) is 7.02. The monoisotopic (exact) mass is 274 g/mol. The summed E-state index contributed by atoms with van der Waals surface area (Å²) in [4.78, 5) is 14.8. The molecule has 20 heavy (non-hydrogen) atoms. The van der Waals surface area contributed by atoms with E-state index in [1.54, 1.807) is 19.1 Å². The fraction of sp³-hybridized carbons (Fsp3) is 0.500. The third-order valence-electron chi connectivity index (χ3n) is 3.79. The molecule has 6 heteroatoms. The molecule has 1 atom stereocenters. The van der Waals surface area contributed by atoms with Crippen LogP contribution in [0.3, 0.4) is 0 Å². The van der Waals surface area contributed by atoms with Crippen molar-refractivity contribution in [3.05, 3.63) is 33.9 Å². The van der Waals surface area contributed by atoms with Crippen LogP contribution in [0.1, 0.15) is 12.5 Å². The van der Waals surface area contributed by atoms with Gasteiger partial charge in [-0.15, -0.1) is 0 Å². The number of benzene rings is 1. The summed E-state index contributed by atoms with van der Waals surface area (Å²) in [5, 5.41) is 19.7. The van der Waals surface area contributed by atoms with Crippen molar-refractivity contribution in [3.63, 3.8) is 0 Å². The minimum atomic E-state index is -0.356. The normalized spacial score (nSPS) is 17.6. The molecule has 1 aliphatic heterocycles. The van der Waals surface area contributed by atoms with Crippen molar-refractivity contribution in [1.82, 2.24) is 4.90 Å². The minimum Gasteiger partial charge on any atom is -0.369 e. The molecule has 0 spiro atoms. The van der Waals surface area contributed by atoms with Gasteiger partial charge < -0.3 is 4.90 Å². The van der Waals surface area contributed by atoms with E-state index >= 15 is 0 Å². The molecule has 1 aromatic rings. The van der Waals surface area contributed by atoms with Gasteiger partial charge in [0, 0.05) is 43.5 Å². The van der Waals surface area contributed by atoms with E-state index in [9.17, 15) is 10.1 Å². The van der Waals surface area contributed by atoms with Crippen LogP contribution in [0.4, 0.5) is 11.4 Å². The van der Waals surface area contributed by atoms with Crippen LogP contribution in [0.25, 0.3) is 0 Å². The van der Waals surface area contributed by atoms with E-state index in [-0.39, 0.29) is 16.7 Å². The van der Waals surface area contributed by atoms with E-state index in [0.717, 1.165) is 31.9 Å². The molecule has 1 saturated heterocycles. The van der Waals surface area contributed by atoms with E-state index in [1.807, 2.05) is 13.0 Å². The van der Waals surface area contributed by atoms with Gasteiger partial charge in [-0.1, -0.05) is 0 Å². The number of piperazine rings is 1. The quantitative estimate of drug-likeness (QED) is 0.622. The SMILES string of the molecule is Cc1cc(N2CCN(C(C)C#N)CC2)ccc1[N+](=O)[O-]. The molecule has 0 bridgehead atoms. The number of anilines is 1. The average molecular weight is 274 g/mol. The molecule has 0 amide bonds. The lowest BCUT2D eigenvalue weighted by atomic mass is 10.1. The maximum absolute atomic E-state index is 10.8. The molecule has 0 aromatic heterocycles. The number of nitro groups is 1. The van der Waals surface area contributed by atoms with Crippen LogP contribution in [0.2, 0.25) is 0 Å². The molecule has 6 nitrogen and oxygen atoms in total. The molecule has 0 N–H and O–H groups in total. The number of hydrogen-bond acceptors (Lipinski definition) is 5. The molecule has 0 aliphatic carbocycles. The molecule has 0 saturated carbocycles. The molecule has 1 aliphatic rings. The van der Waals surface area contributed by atoms with Crippen LogP contribution >= 0.6 is 0 Å². The van der Waals surface area contributed by atoms with Crippen molar-refractivity contribution in [3.8, 4) is 6.07 Å². The molecule has 2 rings (SSSR count). The van der Waals surface area contributed by atoms with E-state index in [2.05, 4.69) is 15.9 Å². The number of aryl methyl sites for hydroxylation is 1. The van der Waals surface area contributed by atoms with Gasteiger partial charge in [-0.25, -0.2) is 0 Å². The van der Waals surface area contributed by atoms with Gasteiger partial charge in [0.05, 0.1) is 17.0 Å². The molecular formula is C14H18N4O2. The highest BCUT2D eigenvalue weighted by Crippen LogP contribution is 2.25. The van der Waals surface area contributed by atoms with E-state index in [4.69, 9.17) is 5.26 Å². The summed E-state index contributed by atoms with van der Waals surface area (Å²) in [5.41, 5.74) is 1.85. The predicted molar refractivity (Wildman–Crippen MR) is 76.7 cm³/mol. The first-order valence-corrected chi connectivity index (χ1v) is 6.66. The summed E-state index contributed by atoms with van der Waals surface area (Å²) in [6.07, 6.45) is 0. The van der Waals surface area contributed by atoms with Crippen LogP contribution in [0.5, 0.6) is 0 Å². The summed E-state index contributed by atoms with van der Waals surface area (Å²) in [5.74, 6) is 0. The Balaban J connectivity index is 2.06. The Bertz CT molecular complexity index is 545. The van der Waals surface area contributed by atoms with Gasteiger partial charge in [0.1, 0.15) is 0 Å². The fourth-order valence-electron chi connectivity index (χ4n) is 2.49. The van der Waals surface area contributed by atoms with Gasteiger partial charge in [-0.05, 0) is 26.0 Å². The number of nitro benzene ring substituents is 1. The third-order valence-corrected chi connectivity index (χ3v) is 3.79. The Kier molecular flexibility index (Phi) is 4.20. The maximum Gasteiger partial charge on any atom is 0.272 e. The highest BCUT2D eigenvalue weighted by Gasteiger charge is 2.22. The fourth-order valence-corrected chi connectivity index (χ4v) is 2.49. The van der Waals surface area contributed by atoms with Crippen LogP contribution in [-0.2, 0) is 0 Å². The van der Waals surface area contributed by atoms with Crippen molar-refractivity contribution in [2.24, 2.45) is 0 Å². The highest BCUT2D eigenvalue weighted by atomic mass is 16.6. The minimum absolute atomic E-state index is 0.0595. The van der Waals surface area contributed by atoms with Gasteiger partial charge in [-0.3, -0.25) is 15.0 Å². The summed E-state index contributed by atoms with van der Waals surface area (Å²) < 4.78 is 0. The Morgan fingerprint density at radius 3 is 2.50 bits per heavy atom. The largest absolute Gasteiger partial charge is 0.369 e. The lowest BCUT2D eigenvalue weighted by Gasteiger charge is -2.37. The molecule has 1 aromatic carbocycles. The van der Waals surface area contributed by atoms with Crippen molar-refractivity contribution in [2.75, 3.05) is 31.1 Å². The second kappa shape index (κ2) is 5.88. The number of hydrogen-bond donors (Lipinski definition) is 0. The average Bonchev–Trinajstić information content (AvgIpc) is 2.46. The highest BCUT2D eigenvalue weighted by molar-refractivity contribution is 5.55. The van der Waals surface area contributed by atoms with Crippen LogP contribution in [-0.4, -0.2) is 42.0 Å². The first-order chi connectivity index (χ1) is 9.52. The van der Waals surface area contributed by atoms with Crippen LogP contribution in [0.15, 0.2) is 18.2 Å². The van der Waals surface area contributed by atoms with Crippen LogP contribution in [0, 0.1) is 28.4 Å². The summed E-state index contributed by atoms with van der Waals surface area (Å²) in [6, 6.07) is 7.42. The first kappa shape index (κ1) is 14.3. The molecule has 0 radical (unpaired) electrons. The van der Waals surface area contributed by atoms with Crippen molar-refractivity contribution < 1.29 is 4.92 Å². The predicted octanol–water partition coefficient (Wildman–Crippen LogP) is 1.94. The van der Waals surface area contributed by atoms with Gasteiger partial charge in [-0.2, -0.15) is 5.26 Å². The Morgan fingerprint density at radius 2 is 2.00 bits per heavy atom. The molecule has 1 heterocycles. The summed E-state index contributed by atoms with van der Waals surface area (Å²) in [7, 11) is 0. The van der Waals surface area contributed by atoms with Gasteiger partial charge in [0.25, 0.3) is 5.69 Å². The zero-order chi connectivity index (χ0) is 14.7. The number of nitriles is 1. The van der Waals surface area contributed by atoms with Crippen molar-refractivity contribution in [1.29, 1.82) is 5.26 Å². The lowest BCUT2D eigenvalue weighted by molar-refractivity contribution is -0.385. The number of rotatable bonds is 3. The van der Waals surface area contributed by atoms with Gasteiger partial charge >= 0.3 is 0 Å². The molecular weight excluding hydrogens is 256 g/mol. The van der Waals surface area contributed by atoms with E-state index in [1.165, 1.54) is 0 Å². The Morgan fingerprint density at radius 1 is 1.35 bits per heavy atom. The second-order valence-electron chi connectivity index (χ2n) is 5.06. The standard InChI is InChI=1S/C14H18N4O2/c1-11-9-13(3-4-14(11)18(19)20)17-7-5-16(6-8-17)12(2)10-15/h3-4,9,12H,5-8H2,1-2H3. The third kappa shape index (κ3) is 2.89. The molecule has 1 fully saturated rings. The summed E-state index contributed by atoms with van der Waals surface area (Å²) >= 11 is 0. The van der Waals surface area contributed by atoms with E-state index < -0.39 is 0 Å². The maximum atomic E-state index is 10.8.